The van der Waals surface area contributed by atoms with Gasteiger partial charge in [0.25, 0.3) is 5.91 Å². The summed E-state index contributed by atoms with van der Waals surface area (Å²) < 4.78 is 2.06. The Bertz CT molecular complexity index is 1100. The Morgan fingerprint density at radius 2 is 1.88 bits per heavy atom. The van der Waals surface area contributed by atoms with Gasteiger partial charge >= 0.3 is 0 Å². The number of nitrogens with zero attached hydrogens (tertiary/aromatic N) is 3. The minimum atomic E-state index is 0.103. The van der Waals surface area contributed by atoms with Crippen molar-refractivity contribution in [2.45, 2.75) is 0 Å². The fourth-order valence-corrected chi connectivity index (χ4v) is 3.64. The highest BCUT2D eigenvalue weighted by Crippen LogP contribution is 2.25. The van der Waals surface area contributed by atoms with Crippen LogP contribution in [0, 0.1) is 0 Å². The number of aromatic nitrogens is 3. The maximum Gasteiger partial charge on any atom is 0.253 e. The van der Waals surface area contributed by atoms with E-state index in [1.165, 1.54) is 0 Å². The van der Waals surface area contributed by atoms with E-state index in [1.807, 2.05) is 53.6 Å². The number of hydrogen-bond acceptors (Lipinski definition) is 3. The monoisotopic (exact) mass is 345 g/mol. The van der Waals surface area contributed by atoms with Crippen molar-refractivity contribution in [1.29, 1.82) is 0 Å². The highest BCUT2D eigenvalue weighted by Gasteiger charge is 2.19. The summed E-state index contributed by atoms with van der Waals surface area (Å²) in [4.78, 5) is 14.6. The third-order valence-corrected chi connectivity index (χ3v) is 5.02. The number of carbonyl (C=O) groups is 1. The van der Waals surface area contributed by atoms with Gasteiger partial charge in [-0.1, -0.05) is 12.1 Å². The lowest BCUT2D eigenvalue weighted by molar-refractivity contribution is 0.0736. The third kappa shape index (κ3) is 2.38. The van der Waals surface area contributed by atoms with Gasteiger partial charge in [0, 0.05) is 48.7 Å². The number of hydrogen-bond donors (Lipinski definition) is 2. The summed E-state index contributed by atoms with van der Waals surface area (Å²) in [6.07, 6.45) is 2.01. The average molecular weight is 345 g/mol. The second kappa shape index (κ2) is 6.00. The molecule has 2 aromatic heterocycles. The normalized spacial score (nSPS) is 15.0. The van der Waals surface area contributed by atoms with Gasteiger partial charge < -0.3 is 10.2 Å². The molecule has 0 saturated carbocycles. The summed E-state index contributed by atoms with van der Waals surface area (Å²) in [7, 11) is 0. The molecule has 0 aliphatic carbocycles. The second-order valence-corrected chi connectivity index (χ2v) is 6.59. The Labute approximate surface area is 150 Å². The fourth-order valence-electron chi connectivity index (χ4n) is 3.64. The van der Waals surface area contributed by atoms with E-state index < -0.39 is 0 Å². The van der Waals surface area contributed by atoms with Crippen LogP contribution in [0.1, 0.15) is 10.4 Å². The van der Waals surface area contributed by atoms with Crippen molar-refractivity contribution in [2.24, 2.45) is 0 Å². The SMILES string of the molecule is O=C(c1ccc2c(ccn2-c2n[nH]c3ccccc23)c1)N1CCNCC1. The molecule has 1 aliphatic heterocycles. The zero-order chi connectivity index (χ0) is 17.5. The number of rotatable bonds is 2. The molecule has 1 saturated heterocycles. The molecular weight excluding hydrogens is 326 g/mol. The Morgan fingerprint density at radius 3 is 2.77 bits per heavy atom. The van der Waals surface area contributed by atoms with E-state index in [4.69, 9.17) is 0 Å². The topological polar surface area (TPSA) is 66.0 Å². The molecule has 0 bridgehead atoms. The first-order valence-electron chi connectivity index (χ1n) is 8.86. The minimum Gasteiger partial charge on any atom is -0.336 e. The molecule has 0 atom stereocenters. The quantitative estimate of drug-likeness (QED) is 0.587. The van der Waals surface area contributed by atoms with Crippen LogP contribution in [0.3, 0.4) is 0 Å². The predicted molar refractivity (Wildman–Crippen MR) is 102 cm³/mol. The predicted octanol–water partition coefficient (Wildman–Crippen LogP) is 2.55. The highest BCUT2D eigenvalue weighted by atomic mass is 16.2. The van der Waals surface area contributed by atoms with Crippen molar-refractivity contribution >= 4 is 27.7 Å². The minimum absolute atomic E-state index is 0.103. The van der Waals surface area contributed by atoms with Crippen LogP contribution in [-0.4, -0.2) is 51.8 Å². The molecule has 2 N–H and O–H groups in total. The zero-order valence-corrected chi connectivity index (χ0v) is 14.3. The molecule has 130 valence electrons. The molecule has 0 spiro atoms. The number of amides is 1. The number of piperazine rings is 1. The first-order valence-corrected chi connectivity index (χ1v) is 8.86. The van der Waals surface area contributed by atoms with Crippen LogP contribution in [-0.2, 0) is 0 Å². The van der Waals surface area contributed by atoms with E-state index in [-0.39, 0.29) is 5.91 Å². The van der Waals surface area contributed by atoms with E-state index in [2.05, 4.69) is 26.1 Å². The van der Waals surface area contributed by atoms with E-state index in [0.717, 1.165) is 59.4 Å². The summed E-state index contributed by atoms with van der Waals surface area (Å²) in [6.45, 7) is 3.24. The lowest BCUT2D eigenvalue weighted by Crippen LogP contribution is -2.46. The molecule has 6 heteroatoms. The number of aromatic amines is 1. The maximum absolute atomic E-state index is 12.7. The van der Waals surface area contributed by atoms with Crippen molar-refractivity contribution < 1.29 is 4.79 Å². The summed E-state index contributed by atoms with van der Waals surface area (Å²) in [5, 5.41) is 12.9. The first kappa shape index (κ1) is 15.2. The molecule has 1 aliphatic rings. The van der Waals surface area contributed by atoms with E-state index in [0.29, 0.717) is 0 Å². The van der Waals surface area contributed by atoms with Crippen LogP contribution >= 0.6 is 0 Å². The molecule has 1 amide bonds. The number of fused-ring (bicyclic) bond motifs is 2. The molecule has 0 unspecified atom stereocenters. The Morgan fingerprint density at radius 1 is 1.04 bits per heavy atom. The van der Waals surface area contributed by atoms with Crippen LogP contribution in [0.4, 0.5) is 0 Å². The molecular formula is C20H19N5O. The van der Waals surface area contributed by atoms with E-state index in [9.17, 15) is 4.79 Å². The zero-order valence-electron chi connectivity index (χ0n) is 14.3. The third-order valence-electron chi connectivity index (χ3n) is 5.02. The van der Waals surface area contributed by atoms with Crippen molar-refractivity contribution in [3.05, 3.63) is 60.3 Å². The van der Waals surface area contributed by atoms with Gasteiger partial charge in [-0.15, -0.1) is 0 Å². The summed E-state index contributed by atoms with van der Waals surface area (Å²) in [6, 6.07) is 16.0. The van der Waals surface area contributed by atoms with E-state index in [1.54, 1.807) is 0 Å². The average Bonchev–Trinajstić information content (AvgIpc) is 3.31. The lowest BCUT2D eigenvalue weighted by Gasteiger charge is -2.27. The Balaban J connectivity index is 1.55. The van der Waals surface area contributed by atoms with Gasteiger partial charge in [-0.05, 0) is 36.4 Å². The van der Waals surface area contributed by atoms with Crippen molar-refractivity contribution in [2.75, 3.05) is 26.2 Å². The summed E-state index contributed by atoms with van der Waals surface area (Å²) >= 11 is 0. The van der Waals surface area contributed by atoms with Crippen LogP contribution in [0.25, 0.3) is 27.6 Å². The van der Waals surface area contributed by atoms with Gasteiger partial charge in [0.05, 0.1) is 11.0 Å². The molecule has 5 rings (SSSR count). The second-order valence-electron chi connectivity index (χ2n) is 6.59. The molecule has 6 nitrogen and oxygen atoms in total. The lowest BCUT2D eigenvalue weighted by atomic mass is 10.1. The summed E-state index contributed by atoms with van der Waals surface area (Å²) in [5.41, 5.74) is 2.79. The van der Waals surface area contributed by atoms with Gasteiger partial charge in [0.15, 0.2) is 5.82 Å². The largest absolute Gasteiger partial charge is 0.336 e. The van der Waals surface area contributed by atoms with Gasteiger partial charge in [0.2, 0.25) is 0 Å². The highest BCUT2D eigenvalue weighted by molar-refractivity contribution is 5.99. The van der Waals surface area contributed by atoms with Crippen LogP contribution in [0.2, 0.25) is 0 Å². The number of carbonyl (C=O) groups excluding carboxylic acids is 1. The fraction of sp³-hybridized carbons (Fsp3) is 0.200. The van der Waals surface area contributed by atoms with Gasteiger partial charge in [-0.3, -0.25) is 14.5 Å². The molecule has 26 heavy (non-hydrogen) atoms. The van der Waals surface area contributed by atoms with Gasteiger partial charge in [0.1, 0.15) is 0 Å². The summed E-state index contributed by atoms with van der Waals surface area (Å²) in [5.74, 6) is 0.975. The van der Waals surface area contributed by atoms with Gasteiger partial charge in [-0.2, -0.15) is 5.10 Å². The van der Waals surface area contributed by atoms with Gasteiger partial charge in [-0.25, -0.2) is 0 Å². The smallest absolute Gasteiger partial charge is 0.253 e. The number of H-pyrrole nitrogens is 1. The Kier molecular flexibility index (Phi) is 3.50. The standard InChI is InChI=1S/C20H19N5O/c26-20(24-11-8-21-9-12-24)15-5-6-18-14(13-15)7-10-25(18)19-16-3-1-2-4-17(16)22-23-19/h1-7,10,13,21H,8-9,11-12H2,(H,22,23). The Hall–Kier alpha value is -3.12. The number of para-hydroxylation sites is 1. The van der Waals surface area contributed by atoms with Crippen LogP contribution < -0.4 is 5.32 Å². The van der Waals surface area contributed by atoms with Crippen LogP contribution in [0.5, 0.6) is 0 Å². The maximum atomic E-state index is 12.7. The molecule has 0 radical (unpaired) electrons. The van der Waals surface area contributed by atoms with Crippen molar-refractivity contribution in [1.82, 2.24) is 25.0 Å². The molecule has 2 aromatic carbocycles. The van der Waals surface area contributed by atoms with Crippen molar-refractivity contribution in [3.63, 3.8) is 0 Å². The van der Waals surface area contributed by atoms with Crippen LogP contribution in [0.15, 0.2) is 54.7 Å². The number of nitrogens with one attached hydrogen (secondary N) is 2. The first-order chi connectivity index (χ1) is 12.8. The number of benzene rings is 2. The molecule has 4 aromatic rings. The molecule has 1 fully saturated rings. The molecule has 3 heterocycles. The van der Waals surface area contributed by atoms with Crippen molar-refractivity contribution in [3.8, 4) is 5.82 Å². The van der Waals surface area contributed by atoms with E-state index >= 15 is 0 Å².